The van der Waals surface area contributed by atoms with Crippen LogP contribution in [0.15, 0.2) is 41.3 Å². The molecule has 3 aromatic heterocycles. The zero-order chi connectivity index (χ0) is 19.5. The molecule has 0 aliphatic heterocycles. The Morgan fingerprint density at radius 1 is 1.04 bits per heavy atom. The fraction of sp³-hybridized carbons (Fsp3) is 0.211. The van der Waals surface area contributed by atoms with Crippen LogP contribution in [0.25, 0.3) is 27.8 Å². The molecule has 0 radical (unpaired) electrons. The fourth-order valence-corrected chi connectivity index (χ4v) is 3.11. The number of fused-ring (bicyclic) bond motifs is 3. The molecular formula is C19H15F3N4O. The Kier molecular flexibility index (Phi) is 3.62. The molecule has 0 saturated carbocycles. The van der Waals surface area contributed by atoms with Gasteiger partial charge in [0.25, 0.3) is 5.56 Å². The second-order valence-electron chi connectivity index (χ2n) is 6.54. The first kappa shape index (κ1) is 17.3. The molecule has 0 bridgehead atoms. The predicted octanol–water partition coefficient (Wildman–Crippen LogP) is 3.88. The van der Waals surface area contributed by atoms with Gasteiger partial charge in [-0.05, 0) is 49.2 Å². The van der Waals surface area contributed by atoms with Crippen molar-refractivity contribution in [1.82, 2.24) is 19.2 Å². The molecular weight excluding hydrogens is 357 g/mol. The molecule has 1 aromatic carbocycles. The molecule has 0 aliphatic carbocycles. The van der Waals surface area contributed by atoms with E-state index in [2.05, 4.69) is 10.1 Å². The van der Waals surface area contributed by atoms with Gasteiger partial charge < -0.3 is 0 Å². The molecule has 0 spiro atoms. The number of hydrogen-bond acceptors (Lipinski definition) is 3. The van der Waals surface area contributed by atoms with Crippen LogP contribution >= 0.6 is 0 Å². The second-order valence-corrected chi connectivity index (χ2v) is 6.54. The molecule has 0 amide bonds. The Morgan fingerprint density at radius 2 is 1.74 bits per heavy atom. The van der Waals surface area contributed by atoms with Crippen LogP contribution in [-0.2, 0) is 13.2 Å². The normalized spacial score (nSPS) is 12.2. The average Bonchev–Trinajstić information content (AvgIpc) is 3.06. The van der Waals surface area contributed by atoms with Crippen LogP contribution < -0.4 is 5.56 Å². The first-order chi connectivity index (χ1) is 12.7. The number of alkyl halides is 3. The van der Waals surface area contributed by atoms with Gasteiger partial charge >= 0.3 is 6.18 Å². The van der Waals surface area contributed by atoms with Crippen LogP contribution in [0.1, 0.15) is 16.8 Å². The van der Waals surface area contributed by atoms with E-state index in [-0.39, 0.29) is 11.1 Å². The summed E-state index contributed by atoms with van der Waals surface area (Å²) < 4.78 is 41.9. The summed E-state index contributed by atoms with van der Waals surface area (Å²) in [5.74, 6) is 0. The Balaban J connectivity index is 2.03. The van der Waals surface area contributed by atoms with E-state index in [1.807, 2.05) is 26.0 Å². The highest BCUT2D eigenvalue weighted by Gasteiger charge is 2.32. The summed E-state index contributed by atoms with van der Waals surface area (Å²) in [5.41, 5.74) is 2.55. The van der Waals surface area contributed by atoms with Crippen LogP contribution in [0.4, 0.5) is 13.2 Å². The van der Waals surface area contributed by atoms with Crippen molar-refractivity contribution in [2.75, 3.05) is 0 Å². The first-order valence-electron chi connectivity index (χ1n) is 8.20. The number of nitrogens with zero attached hydrogens (tertiary/aromatic N) is 4. The second kappa shape index (κ2) is 5.67. The van der Waals surface area contributed by atoms with E-state index in [1.165, 1.54) is 10.6 Å². The maximum Gasteiger partial charge on any atom is 0.433 e. The van der Waals surface area contributed by atoms with Crippen molar-refractivity contribution >= 4 is 16.6 Å². The smallest absolute Gasteiger partial charge is 0.296 e. The lowest BCUT2D eigenvalue weighted by Gasteiger charge is -2.08. The van der Waals surface area contributed by atoms with Crippen molar-refractivity contribution in [2.45, 2.75) is 20.0 Å². The van der Waals surface area contributed by atoms with Gasteiger partial charge in [0.1, 0.15) is 11.3 Å². The Labute approximate surface area is 151 Å². The van der Waals surface area contributed by atoms with E-state index in [4.69, 9.17) is 0 Å². The van der Waals surface area contributed by atoms with Crippen molar-refractivity contribution < 1.29 is 13.2 Å². The summed E-state index contributed by atoms with van der Waals surface area (Å²) in [4.78, 5) is 16.1. The van der Waals surface area contributed by atoms with Crippen molar-refractivity contribution in [1.29, 1.82) is 0 Å². The number of aryl methyl sites for hydroxylation is 3. The lowest BCUT2D eigenvalue weighted by molar-refractivity contribution is -0.141. The van der Waals surface area contributed by atoms with Gasteiger partial charge in [-0.3, -0.25) is 14.3 Å². The quantitative estimate of drug-likeness (QED) is 0.509. The molecule has 0 fully saturated rings. The number of rotatable bonds is 1. The van der Waals surface area contributed by atoms with Crippen LogP contribution in [0.5, 0.6) is 0 Å². The third-order valence-corrected chi connectivity index (χ3v) is 4.76. The van der Waals surface area contributed by atoms with Gasteiger partial charge in [0.05, 0.1) is 16.6 Å². The van der Waals surface area contributed by atoms with Crippen LogP contribution in [-0.4, -0.2) is 19.2 Å². The monoisotopic (exact) mass is 372 g/mol. The molecule has 0 saturated heterocycles. The van der Waals surface area contributed by atoms with Gasteiger partial charge in [-0.1, -0.05) is 0 Å². The summed E-state index contributed by atoms with van der Waals surface area (Å²) in [6.45, 7) is 3.85. The molecule has 4 aromatic rings. The zero-order valence-corrected chi connectivity index (χ0v) is 14.8. The minimum absolute atomic E-state index is 0.183. The number of halogens is 3. The number of benzene rings is 1. The van der Waals surface area contributed by atoms with Crippen molar-refractivity contribution in [3.63, 3.8) is 0 Å². The maximum absolute atomic E-state index is 13.0. The van der Waals surface area contributed by atoms with Crippen molar-refractivity contribution in [3.8, 4) is 11.3 Å². The Morgan fingerprint density at radius 3 is 2.44 bits per heavy atom. The maximum atomic E-state index is 13.0. The summed E-state index contributed by atoms with van der Waals surface area (Å²) in [7, 11) is 1.62. The van der Waals surface area contributed by atoms with Crippen molar-refractivity contribution in [2.24, 2.45) is 7.05 Å². The third-order valence-electron chi connectivity index (χ3n) is 4.76. The summed E-state index contributed by atoms with van der Waals surface area (Å²) in [6.07, 6.45) is -3.43. The third kappa shape index (κ3) is 2.68. The van der Waals surface area contributed by atoms with E-state index >= 15 is 0 Å². The molecule has 8 heteroatoms. The Hall–Kier alpha value is -3.16. The van der Waals surface area contributed by atoms with Gasteiger partial charge in [-0.2, -0.15) is 18.3 Å². The van der Waals surface area contributed by atoms with E-state index < -0.39 is 11.9 Å². The highest BCUT2D eigenvalue weighted by molar-refractivity contribution is 5.83. The van der Waals surface area contributed by atoms with Gasteiger partial charge in [-0.15, -0.1) is 0 Å². The number of pyridine rings is 1. The van der Waals surface area contributed by atoms with Crippen LogP contribution in [0, 0.1) is 13.8 Å². The standard InChI is InChI=1S/C19H15F3N4O/c1-10-6-13-15(7-11(10)2)26-17(25(3)18(13)27)9-14(24-26)12-4-5-23-16(8-12)19(20,21)22/h4-9H,1-3H3. The largest absolute Gasteiger partial charge is 0.433 e. The lowest BCUT2D eigenvalue weighted by atomic mass is 10.1. The Bertz CT molecular complexity index is 1270. The van der Waals surface area contributed by atoms with E-state index in [0.717, 1.165) is 23.4 Å². The topological polar surface area (TPSA) is 52.2 Å². The molecule has 0 unspecified atom stereocenters. The molecule has 27 heavy (non-hydrogen) atoms. The van der Waals surface area contributed by atoms with Crippen LogP contribution in [0.2, 0.25) is 0 Å². The summed E-state index contributed by atoms with van der Waals surface area (Å²) >= 11 is 0. The SMILES string of the molecule is Cc1cc2c(=O)n(C)c3cc(-c4ccnc(C(F)(F)F)c4)nn3c2cc1C. The van der Waals surface area contributed by atoms with E-state index in [0.29, 0.717) is 22.2 Å². The minimum Gasteiger partial charge on any atom is -0.296 e. The predicted molar refractivity (Wildman–Crippen MR) is 95.6 cm³/mol. The molecule has 0 aliphatic rings. The highest BCUT2D eigenvalue weighted by atomic mass is 19.4. The zero-order valence-electron chi connectivity index (χ0n) is 14.8. The molecule has 0 N–H and O–H groups in total. The van der Waals surface area contributed by atoms with Gasteiger partial charge in [0.2, 0.25) is 0 Å². The minimum atomic E-state index is -4.54. The first-order valence-corrected chi connectivity index (χ1v) is 8.20. The number of hydrogen-bond donors (Lipinski definition) is 0. The van der Waals surface area contributed by atoms with Crippen molar-refractivity contribution in [3.05, 3.63) is 63.7 Å². The van der Waals surface area contributed by atoms with E-state index in [1.54, 1.807) is 17.6 Å². The molecule has 4 rings (SSSR count). The van der Waals surface area contributed by atoms with Crippen LogP contribution in [0.3, 0.4) is 0 Å². The highest BCUT2D eigenvalue weighted by Crippen LogP contribution is 2.30. The fourth-order valence-electron chi connectivity index (χ4n) is 3.11. The summed E-state index contributed by atoms with van der Waals surface area (Å²) in [6, 6.07) is 7.70. The van der Waals surface area contributed by atoms with E-state index in [9.17, 15) is 18.0 Å². The van der Waals surface area contributed by atoms with Gasteiger partial charge in [0.15, 0.2) is 0 Å². The lowest BCUT2D eigenvalue weighted by Crippen LogP contribution is -2.20. The molecule has 5 nitrogen and oxygen atoms in total. The van der Waals surface area contributed by atoms with Gasteiger partial charge in [-0.25, -0.2) is 4.52 Å². The molecule has 0 atom stereocenters. The average molecular weight is 372 g/mol. The molecule has 3 heterocycles. The summed E-state index contributed by atoms with van der Waals surface area (Å²) in [5, 5.41) is 4.98. The van der Waals surface area contributed by atoms with Gasteiger partial charge in [0, 0.05) is 24.9 Å². The number of aromatic nitrogens is 4. The molecule has 138 valence electrons.